The Morgan fingerprint density at radius 3 is 2.81 bits per heavy atom. The number of ether oxygens (including phenoxy) is 1. The summed E-state index contributed by atoms with van der Waals surface area (Å²) in [5.74, 6) is 0.196. The number of methoxy groups -OCH3 is 1. The quantitative estimate of drug-likeness (QED) is 0.630. The Kier molecular flexibility index (Phi) is 5.65. The Bertz CT molecular complexity index is 635. The monoisotopic (exact) mass is 328 g/mol. The number of halogens is 2. The molecule has 114 valence electrons. The van der Waals surface area contributed by atoms with E-state index in [9.17, 15) is 5.11 Å². The van der Waals surface area contributed by atoms with Crippen LogP contribution in [0.15, 0.2) is 18.2 Å². The van der Waals surface area contributed by atoms with Gasteiger partial charge in [-0.05, 0) is 36.2 Å². The highest BCUT2D eigenvalue weighted by molar-refractivity contribution is 6.30. The molecular formula is C15H18Cl2N2O2. The van der Waals surface area contributed by atoms with E-state index in [0.717, 1.165) is 27.7 Å². The van der Waals surface area contributed by atoms with Crippen molar-refractivity contribution in [2.75, 3.05) is 24.9 Å². The molecule has 2 N–H and O–H groups in total. The largest absolute Gasteiger partial charge is 0.390 e. The van der Waals surface area contributed by atoms with Crippen molar-refractivity contribution in [2.45, 2.75) is 19.6 Å². The molecule has 1 aromatic heterocycles. The van der Waals surface area contributed by atoms with Gasteiger partial charge >= 0.3 is 0 Å². The third-order valence-electron chi connectivity index (χ3n) is 3.22. The van der Waals surface area contributed by atoms with Crippen molar-refractivity contribution in [3.63, 3.8) is 0 Å². The number of aromatic nitrogens is 1. The zero-order chi connectivity index (χ0) is 15.4. The zero-order valence-corrected chi connectivity index (χ0v) is 13.5. The fourth-order valence-electron chi connectivity index (χ4n) is 2.16. The summed E-state index contributed by atoms with van der Waals surface area (Å²) in [5.41, 5.74) is 3.77. The molecule has 1 unspecified atom stereocenters. The molecule has 2 rings (SSSR count). The van der Waals surface area contributed by atoms with E-state index in [1.807, 2.05) is 25.1 Å². The fourth-order valence-corrected chi connectivity index (χ4v) is 2.49. The Balaban J connectivity index is 2.40. The van der Waals surface area contributed by atoms with E-state index in [-0.39, 0.29) is 5.88 Å². The molecular weight excluding hydrogens is 311 g/mol. The van der Waals surface area contributed by atoms with E-state index in [4.69, 9.17) is 27.9 Å². The van der Waals surface area contributed by atoms with Gasteiger partial charge in [0.2, 0.25) is 0 Å². The number of nitrogens with one attached hydrogen (secondary N) is 1. The maximum Gasteiger partial charge on any atom is 0.130 e. The van der Waals surface area contributed by atoms with Crippen LogP contribution in [0.4, 0.5) is 5.69 Å². The molecule has 0 saturated heterocycles. The number of pyridine rings is 1. The van der Waals surface area contributed by atoms with Gasteiger partial charge in [-0.15, -0.1) is 11.6 Å². The molecule has 1 atom stereocenters. The number of aryl methyl sites for hydroxylation is 1. The lowest BCUT2D eigenvalue weighted by Gasteiger charge is -2.14. The van der Waals surface area contributed by atoms with E-state index in [1.165, 1.54) is 0 Å². The van der Waals surface area contributed by atoms with Crippen LogP contribution in [0, 0.1) is 6.92 Å². The number of rotatable bonds is 6. The molecule has 0 aliphatic heterocycles. The fraction of sp³-hybridized carbons (Fsp3) is 0.400. The summed E-state index contributed by atoms with van der Waals surface area (Å²) >= 11 is 11.7. The summed E-state index contributed by atoms with van der Waals surface area (Å²) in [5, 5.41) is 14.2. The third kappa shape index (κ3) is 3.98. The van der Waals surface area contributed by atoms with Crippen LogP contribution in [-0.2, 0) is 11.3 Å². The first-order valence-corrected chi connectivity index (χ1v) is 7.53. The standard InChI is InChI=1S/C15H18Cl2N2O2/c1-9-3-12-10(8-21-2)4-15(17)19-14(12)5-13(9)18-7-11(20)6-16/h3-5,11,18,20H,6-8H2,1-2H3. The molecule has 0 aliphatic rings. The molecule has 4 nitrogen and oxygen atoms in total. The van der Waals surface area contributed by atoms with Crippen molar-refractivity contribution in [2.24, 2.45) is 0 Å². The minimum atomic E-state index is -0.585. The Labute approximate surface area is 134 Å². The molecule has 0 fully saturated rings. The minimum absolute atomic E-state index is 0.196. The summed E-state index contributed by atoms with van der Waals surface area (Å²) in [6.45, 7) is 2.87. The number of fused-ring (bicyclic) bond motifs is 1. The maximum absolute atomic E-state index is 9.53. The van der Waals surface area contributed by atoms with Gasteiger partial charge in [-0.1, -0.05) is 11.6 Å². The molecule has 6 heteroatoms. The van der Waals surface area contributed by atoms with E-state index < -0.39 is 6.10 Å². The molecule has 0 bridgehead atoms. The van der Waals surface area contributed by atoms with E-state index in [2.05, 4.69) is 10.3 Å². The van der Waals surface area contributed by atoms with Crippen LogP contribution < -0.4 is 5.32 Å². The number of benzene rings is 1. The number of anilines is 1. The average molecular weight is 329 g/mol. The molecule has 2 aromatic rings. The van der Waals surface area contributed by atoms with Crippen molar-refractivity contribution in [3.8, 4) is 0 Å². The predicted octanol–water partition coefficient (Wildman–Crippen LogP) is 3.35. The van der Waals surface area contributed by atoms with Crippen LogP contribution in [0.3, 0.4) is 0 Å². The molecule has 0 spiro atoms. The third-order valence-corrected chi connectivity index (χ3v) is 3.77. The Morgan fingerprint density at radius 1 is 1.38 bits per heavy atom. The van der Waals surface area contributed by atoms with E-state index in [1.54, 1.807) is 7.11 Å². The van der Waals surface area contributed by atoms with Gasteiger partial charge in [0.25, 0.3) is 0 Å². The summed E-state index contributed by atoms with van der Waals surface area (Å²) in [4.78, 5) is 4.35. The van der Waals surface area contributed by atoms with Crippen molar-refractivity contribution < 1.29 is 9.84 Å². The van der Waals surface area contributed by atoms with E-state index >= 15 is 0 Å². The molecule has 0 aliphatic carbocycles. The lowest BCUT2D eigenvalue weighted by Crippen LogP contribution is -2.21. The highest BCUT2D eigenvalue weighted by atomic mass is 35.5. The molecule has 0 radical (unpaired) electrons. The van der Waals surface area contributed by atoms with Crippen LogP contribution in [0.5, 0.6) is 0 Å². The van der Waals surface area contributed by atoms with Gasteiger partial charge in [-0.3, -0.25) is 0 Å². The number of alkyl halides is 1. The summed E-state index contributed by atoms with van der Waals surface area (Å²) < 4.78 is 5.20. The molecule has 0 amide bonds. The topological polar surface area (TPSA) is 54.4 Å². The number of hydrogen-bond donors (Lipinski definition) is 2. The first kappa shape index (κ1) is 16.3. The highest BCUT2D eigenvalue weighted by Crippen LogP contribution is 2.27. The first-order chi connectivity index (χ1) is 10.0. The van der Waals surface area contributed by atoms with Crippen LogP contribution in [0.2, 0.25) is 5.15 Å². The predicted molar refractivity (Wildman–Crippen MR) is 87.4 cm³/mol. The van der Waals surface area contributed by atoms with Crippen molar-refractivity contribution >= 4 is 39.8 Å². The van der Waals surface area contributed by atoms with Crippen LogP contribution in [0.25, 0.3) is 10.9 Å². The van der Waals surface area contributed by atoms with Gasteiger partial charge in [0, 0.05) is 24.7 Å². The normalized spacial score (nSPS) is 12.6. The van der Waals surface area contributed by atoms with Gasteiger partial charge in [0.15, 0.2) is 0 Å². The van der Waals surface area contributed by atoms with Crippen LogP contribution >= 0.6 is 23.2 Å². The second kappa shape index (κ2) is 7.27. The molecule has 1 aromatic carbocycles. The average Bonchev–Trinajstić information content (AvgIpc) is 2.45. The van der Waals surface area contributed by atoms with Gasteiger partial charge in [0.05, 0.1) is 24.1 Å². The molecule has 21 heavy (non-hydrogen) atoms. The van der Waals surface area contributed by atoms with Gasteiger partial charge in [-0.2, -0.15) is 0 Å². The van der Waals surface area contributed by atoms with Gasteiger partial charge in [-0.25, -0.2) is 4.98 Å². The number of aliphatic hydroxyl groups excluding tert-OH is 1. The van der Waals surface area contributed by atoms with Crippen molar-refractivity contribution in [3.05, 3.63) is 34.5 Å². The second-order valence-electron chi connectivity index (χ2n) is 4.91. The maximum atomic E-state index is 9.53. The Morgan fingerprint density at radius 2 is 2.14 bits per heavy atom. The zero-order valence-electron chi connectivity index (χ0n) is 12.0. The Hall–Kier alpha value is -1.07. The van der Waals surface area contributed by atoms with Gasteiger partial charge < -0.3 is 15.2 Å². The van der Waals surface area contributed by atoms with Crippen molar-refractivity contribution in [1.29, 1.82) is 0 Å². The van der Waals surface area contributed by atoms with Crippen LogP contribution in [0.1, 0.15) is 11.1 Å². The summed E-state index contributed by atoms with van der Waals surface area (Å²) in [6.07, 6.45) is -0.585. The minimum Gasteiger partial charge on any atom is -0.390 e. The molecule has 0 saturated carbocycles. The first-order valence-electron chi connectivity index (χ1n) is 6.61. The summed E-state index contributed by atoms with van der Waals surface area (Å²) in [7, 11) is 1.65. The van der Waals surface area contributed by atoms with Crippen LogP contribution in [-0.4, -0.2) is 35.7 Å². The number of hydrogen-bond acceptors (Lipinski definition) is 4. The summed E-state index contributed by atoms with van der Waals surface area (Å²) in [6, 6.07) is 5.79. The molecule has 1 heterocycles. The number of nitrogens with zero attached hydrogens (tertiary/aromatic N) is 1. The van der Waals surface area contributed by atoms with E-state index in [0.29, 0.717) is 18.3 Å². The SMILES string of the molecule is COCc1cc(Cl)nc2cc(NCC(O)CCl)c(C)cc12. The lowest BCUT2D eigenvalue weighted by atomic mass is 10.1. The highest BCUT2D eigenvalue weighted by Gasteiger charge is 2.09. The lowest BCUT2D eigenvalue weighted by molar-refractivity contribution is 0.186. The van der Waals surface area contributed by atoms with Gasteiger partial charge in [0.1, 0.15) is 5.15 Å². The number of aliphatic hydroxyl groups is 1. The second-order valence-corrected chi connectivity index (χ2v) is 5.61. The smallest absolute Gasteiger partial charge is 0.130 e. The van der Waals surface area contributed by atoms with Crippen molar-refractivity contribution in [1.82, 2.24) is 4.98 Å².